The normalized spacial score (nSPS) is 13.9. The summed E-state index contributed by atoms with van der Waals surface area (Å²) in [5, 5.41) is 22.4. The van der Waals surface area contributed by atoms with Crippen LogP contribution in [-0.2, 0) is 11.9 Å². The largest absolute Gasteiger partial charge is 0.390 e. The Morgan fingerprint density at radius 1 is 1.13 bits per heavy atom. The van der Waals surface area contributed by atoms with Crippen molar-refractivity contribution in [3.8, 4) is 12.1 Å². The van der Waals surface area contributed by atoms with Gasteiger partial charge in [-0.15, -0.1) is 0 Å². The average Bonchev–Trinajstić information content (AvgIpc) is 2.91. The minimum absolute atomic E-state index is 0.0978. The molecule has 2 heterocycles. The second-order valence-corrected chi connectivity index (χ2v) is 10.4. The first-order valence-corrected chi connectivity index (χ1v) is 12.7. The number of halogens is 2. The molecule has 8 nitrogen and oxygen atoms in total. The molecule has 1 aromatic carbocycles. The van der Waals surface area contributed by atoms with Crippen molar-refractivity contribution in [2.75, 3.05) is 11.9 Å². The van der Waals surface area contributed by atoms with Crippen molar-refractivity contribution in [1.29, 1.82) is 10.5 Å². The fourth-order valence-electron chi connectivity index (χ4n) is 4.40. The second-order valence-electron chi connectivity index (χ2n) is 10.4. The lowest BCUT2D eigenvalue weighted by molar-refractivity contribution is 0.00196. The molecule has 0 radical (unpaired) electrons. The molecule has 204 valence electrons. The Morgan fingerprint density at radius 2 is 1.82 bits per heavy atom. The van der Waals surface area contributed by atoms with Gasteiger partial charge in [0, 0.05) is 31.8 Å². The number of rotatable bonds is 4. The van der Waals surface area contributed by atoms with E-state index in [4.69, 9.17) is 10.1 Å². The van der Waals surface area contributed by atoms with E-state index < -0.39 is 17.2 Å². The molecule has 0 saturated heterocycles. The van der Waals surface area contributed by atoms with Gasteiger partial charge < -0.3 is 14.3 Å². The van der Waals surface area contributed by atoms with E-state index in [1.807, 2.05) is 38.8 Å². The number of benzene rings is 1. The van der Waals surface area contributed by atoms with Crippen LogP contribution in [0.2, 0.25) is 0 Å². The van der Waals surface area contributed by atoms with Crippen LogP contribution in [0.15, 0.2) is 40.3 Å². The first-order valence-electron chi connectivity index (χ1n) is 12.7. The first-order chi connectivity index (χ1) is 18.5. The van der Waals surface area contributed by atoms with Crippen molar-refractivity contribution in [2.24, 2.45) is 12.2 Å². The third-order valence-corrected chi connectivity index (χ3v) is 6.40. The van der Waals surface area contributed by atoms with Crippen LogP contribution in [0.4, 0.5) is 14.5 Å². The molecule has 1 fully saturated rings. The van der Waals surface area contributed by atoms with Crippen molar-refractivity contribution in [3.63, 3.8) is 0 Å². The van der Waals surface area contributed by atoms with Crippen LogP contribution >= 0.6 is 0 Å². The van der Waals surface area contributed by atoms with Gasteiger partial charge in [0.25, 0.3) is 5.56 Å². The molecule has 0 N–H and O–H groups in total. The molecule has 39 heavy (non-hydrogen) atoms. The summed E-state index contributed by atoms with van der Waals surface area (Å²) >= 11 is 0. The van der Waals surface area contributed by atoms with E-state index in [9.17, 15) is 18.8 Å². The van der Waals surface area contributed by atoms with Crippen LogP contribution in [0.5, 0.6) is 0 Å². The number of fused-ring (bicyclic) bond motifs is 1. The van der Waals surface area contributed by atoms with E-state index >= 15 is 0 Å². The van der Waals surface area contributed by atoms with Crippen molar-refractivity contribution in [1.82, 2.24) is 9.55 Å². The van der Waals surface area contributed by atoms with E-state index in [0.717, 1.165) is 31.7 Å². The molecule has 1 saturated carbocycles. The number of aryl methyl sites for hydroxylation is 1. The van der Waals surface area contributed by atoms with E-state index in [1.54, 1.807) is 19.2 Å². The molecule has 0 bridgehead atoms. The molecule has 0 atom stereocenters. The van der Waals surface area contributed by atoms with Gasteiger partial charge in [-0.2, -0.15) is 10.5 Å². The minimum atomic E-state index is -0.656. The predicted molar refractivity (Wildman–Crippen MR) is 146 cm³/mol. The number of hydrogen-bond donors (Lipinski definition) is 0. The van der Waals surface area contributed by atoms with Gasteiger partial charge in [0.1, 0.15) is 46.1 Å². The van der Waals surface area contributed by atoms with Crippen LogP contribution in [0, 0.1) is 34.3 Å². The summed E-state index contributed by atoms with van der Waals surface area (Å²) in [6, 6.07) is 11.0. The lowest BCUT2D eigenvalue weighted by Crippen LogP contribution is -2.36. The zero-order chi connectivity index (χ0) is 28.7. The summed E-state index contributed by atoms with van der Waals surface area (Å²) in [7, 11) is 3.55. The molecule has 0 aliphatic heterocycles. The number of hydrogen-bond acceptors (Lipinski definition) is 7. The van der Waals surface area contributed by atoms with Crippen molar-refractivity contribution < 1.29 is 13.6 Å². The van der Waals surface area contributed by atoms with E-state index in [1.165, 1.54) is 29.3 Å². The SMILES string of the molecule is CC(C)(C)O/N=C/c1ccc(F)cc1F.CN(c1c(C#N)c(=O)n(C)c2ccc(C#N)nc12)C1CCCCC1. The second kappa shape index (κ2) is 12.5. The fourth-order valence-corrected chi connectivity index (χ4v) is 4.40. The van der Waals surface area contributed by atoms with Gasteiger partial charge in [-0.1, -0.05) is 24.4 Å². The summed E-state index contributed by atoms with van der Waals surface area (Å²) in [5.41, 5.74) is 1.56. The van der Waals surface area contributed by atoms with Crippen molar-refractivity contribution in [2.45, 2.75) is 64.5 Å². The third-order valence-electron chi connectivity index (χ3n) is 6.40. The van der Waals surface area contributed by atoms with Gasteiger partial charge in [0.2, 0.25) is 0 Å². The summed E-state index contributed by atoms with van der Waals surface area (Å²) in [4.78, 5) is 24.1. The van der Waals surface area contributed by atoms with E-state index in [-0.39, 0.29) is 28.4 Å². The molecule has 2 aromatic heterocycles. The Balaban J connectivity index is 0.000000242. The van der Waals surface area contributed by atoms with Crippen LogP contribution in [-0.4, -0.2) is 34.5 Å². The molecule has 3 aromatic rings. The molecule has 0 amide bonds. The maximum atomic E-state index is 13.1. The quantitative estimate of drug-likeness (QED) is 0.320. The molecule has 4 rings (SSSR count). The van der Waals surface area contributed by atoms with Gasteiger partial charge in [-0.05, 0) is 57.9 Å². The highest BCUT2D eigenvalue weighted by molar-refractivity contribution is 5.92. The first kappa shape index (κ1) is 29.2. The Kier molecular flexibility index (Phi) is 9.37. The van der Waals surface area contributed by atoms with Gasteiger partial charge in [0.15, 0.2) is 0 Å². The Labute approximate surface area is 226 Å². The molecular weight excluding hydrogens is 502 g/mol. The fraction of sp³-hybridized carbons (Fsp3) is 0.414. The highest BCUT2D eigenvalue weighted by Gasteiger charge is 2.25. The van der Waals surface area contributed by atoms with Crippen LogP contribution in [0.1, 0.15) is 69.7 Å². The minimum Gasteiger partial charge on any atom is -0.390 e. The summed E-state index contributed by atoms with van der Waals surface area (Å²) in [5.74, 6) is -1.27. The monoisotopic (exact) mass is 534 g/mol. The summed E-state index contributed by atoms with van der Waals surface area (Å²) in [6.45, 7) is 5.47. The predicted octanol–water partition coefficient (Wildman–Crippen LogP) is 5.56. The van der Waals surface area contributed by atoms with Crippen LogP contribution < -0.4 is 10.5 Å². The number of anilines is 1. The van der Waals surface area contributed by atoms with Crippen LogP contribution in [0.25, 0.3) is 11.0 Å². The van der Waals surface area contributed by atoms with Gasteiger partial charge in [-0.3, -0.25) is 4.79 Å². The number of nitriles is 2. The Hall–Kier alpha value is -4.31. The average molecular weight is 535 g/mol. The molecule has 10 heteroatoms. The smallest absolute Gasteiger partial charge is 0.270 e. The maximum Gasteiger partial charge on any atom is 0.270 e. The molecule has 0 spiro atoms. The Bertz CT molecular complexity index is 1510. The number of pyridine rings is 2. The highest BCUT2D eigenvalue weighted by atomic mass is 19.1. The third kappa shape index (κ3) is 7.17. The van der Waals surface area contributed by atoms with E-state index in [0.29, 0.717) is 16.7 Å². The van der Waals surface area contributed by atoms with Gasteiger partial charge >= 0.3 is 0 Å². The van der Waals surface area contributed by atoms with Crippen LogP contribution in [0.3, 0.4) is 0 Å². The zero-order valence-electron chi connectivity index (χ0n) is 22.8. The maximum absolute atomic E-state index is 13.1. The molecule has 0 unspecified atom stereocenters. The number of aromatic nitrogens is 2. The molecular formula is C29H32F2N6O2. The molecule has 1 aliphatic carbocycles. The summed E-state index contributed by atoms with van der Waals surface area (Å²) in [6.07, 6.45) is 6.82. The van der Waals surface area contributed by atoms with Crippen molar-refractivity contribution in [3.05, 3.63) is 69.1 Å². The van der Waals surface area contributed by atoms with E-state index in [2.05, 4.69) is 16.2 Å². The lowest BCUT2D eigenvalue weighted by atomic mass is 9.93. The van der Waals surface area contributed by atoms with Gasteiger partial charge in [0.05, 0.1) is 17.4 Å². The summed E-state index contributed by atoms with van der Waals surface area (Å²) < 4.78 is 27.1. The standard InChI is InChI=1S/C18H19N5O.C11H13F2NO/c1-22(13-6-4-3-5-7-13)17-14(11-20)18(24)23(2)15-9-8-12(10-19)21-16(15)17;1-11(2,3)15-14-7-8-4-5-9(12)6-10(8)13/h8-9,13H,3-7H2,1-2H3;4-7H,1-3H3/b;14-7+. The zero-order valence-corrected chi connectivity index (χ0v) is 22.8. The highest BCUT2D eigenvalue weighted by Crippen LogP contribution is 2.32. The number of oxime groups is 1. The topological polar surface area (TPSA) is 107 Å². The van der Waals surface area contributed by atoms with Gasteiger partial charge in [-0.25, -0.2) is 13.8 Å². The number of nitrogens with zero attached hydrogens (tertiary/aromatic N) is 6. The Morgan fingerprint density at radius 3 is 2.41 bits per heavy atom. The molecule has 1 aliphatic rings. The van der Waals surface area contributed by atoms with Crippen molar-refractivity contribution >= 4 is 22.9 Å². The lowest BCUT2D eigenvalue weighted by Gasteiger charge is -2.33.